The highest BCUT2D eigenvalue weighted by molar-refractivity contribution is 7.92. The first-order chi connectivity index (χ1) is 14.8. The molecule has 158 valence electrons. The number of ether oxygens (including phenoxy) is 1. The predicted molar refractivity (Wildman–Crippen MR) is 111 cm³/mol. The van der Waals surface area contributed by atoms with Crippen molar-refractivity contribution in [1.82, 2.24) is 24.6 Å². The fourth-order valence-electron chi connectivity index (χ4n) is 2.82. The minimum Gasteiger partial charge on any atom is -0.456 e. The molecule has 4 aromatic rings. The smallest absolute Gasteiger partial charge is 0.340 e. The molecule has 0 radical (unpaired) electrons. The molecule has 31 heavy (non-hydrogen) atoms. The Morgan fingerprint density at radius 2 is 1.97 bits per heavy atom. The van der Waals surface area contributed by atoms with Crippen LogP contribution in [0.3, 0.4) is 0 Å². The zero-order valence-corrected chi connectivity index (χ0v) is 17.5. The lowest BCUT2D eigenvalue weighted by Crippen LogP contribution is -2.19. The number of hydrogen-bond acceptors (Lipinski definition) is 8. The number of benzene rings is 1. The van der Waals surface area contributed by atoms with Crippen LogP contribution in [0.25, 0.3) is 5.78 Å². The van der Waals surface area contributed by atoms with E-state index in [1.165, 1.54) is 10.6 Å². The molecule has 1 aromatic carbocycles. The van der Waals surface area contributed by atoms with Gasteiger partial charge in [0.05, 0.1) is 16.9 Å². The molecule has 4 rings (SSSR count). The van der Waals surface area contributed by atoms with Gasteiger partial charge in [0.2, 0.25) is 0 Å². The number of esters is 1. The van der Waals surface area contributed by atoms with Crippen molar-refractivity contribution < 1.29 is 17.9 Å². The van der Waals surface area contributed by atoms with Gasteiger partial charge in [-0.2, -0.15) is 13.4 Å². The molecule has 0 atom stereocenters. The van der Waals surface area contributed by atoms with Crippen LogP contribution in [0.2, 0.25) is 0 Å². The normalized spacial score (nSPS) is 11.4. The Morgan fingerprint density at radius 1 is 1.13 bits per heavy atom. The standard InChI is InChI=1S/C20H18N6O4S/c1-13-10-22-19-23-20(24-26(19)11-13)31(28,29)25-17-14(2)6-5-8-16(17)18(27)30-12-15-7-3-4-9-21-15/h3-11,25H,12H2,1-2H3. The third-order valence-electron chi connectivity index (χ3n) is 4.35. The SMILES string of the molecule is Cc1cnc2nc(S(=O)(=O)Nc3c(C)cccc3C(=O)OCc3ccccn3)nn2c1. The first kappa shape index (κ1) is 20.4. The highest BCUT2D eigenvalue weighted by Crippen LogP contribution is 2.24. The third kappa shape index (κ3) is 4.36. The predicted octanol–water partition coefficient (Wildman–Crippen LogP) is 2.29. The number of nitrogens with zero attached hydrogens (tertiary/aromatic N) is 5. The van der Waals surface area contributed by atoms with Gasteiger partial charge in [0.1, 0.15) is 6.61 Å². The van der Waals surface area contributed by atoms with Crippen molar-refractivity contribution in [3.8, 4) is 0 Å². The van der Waals surface area contributed by atoms with E-state index in [9.17, 15) is 13.2 Å². The summed E-state index contributed by atoms with van der Waals surface area (Å²) in [7, 11) is -4.19. The molecular formula is C20H18N6O4S. The van der Waals surface area contributed by atoms with Crippen molar-refractivity contribution in [3.05, 3.63) is 77.4 Å². The first-order valence-electron chi connectivity index (χ1n) is 9.22. The molecule has 0 amide bonds. The van der Waals surface area contributed by atoms with Crippen LogP contribution in [0, 0.1) is 13.8 Å². The summed E-state index contributed by atoms with van der Waals surface area (Å²) < 4.78 is 34.9. The molecule has 0 aliphatic heterocycles. The quantitative estimate of drug-likeness (QED) is 0.454. The van der Waals surface area contributed by atoms with E-state index in [4.69, 9.17) is 4.74 Å². The number of rotatable bonds is 6. The molecule has 0 bridgehead atoms. The second kappa shape index (κ2) is 8.11. The fraction of sp³-hybridized carbons (Fsp3) is 0.150. The maximum absolute atomic E-state index is 12.9. The Bertz CT molecular complexity index is 1370. The fourth-order valence-corrected chi connectivity index (χ4v) is 3.85. The summed E-state index contributed by atoms with van der Waals surface area (Å²) in [6.07, 6.45) is 4.76. The van der Waals surface area contributed by atoms with Crippen LogP contribution in [-0.4, -0.2) is 39.0 Å². The van der Waals surface area contributed by atoms with Gasteiger partial charge in [-0.3, -0.25) is 9.71 Å². The first-order valence-corrected chi connectivity index (χ1v) is 10.7. The Morgan fingerprint density at radius 3 is 2.74 bits per heavy atom. The molecule has 0 unspecified atom stereocenters. The average Bonchev–Trinajstić information content (AvgIpc) is 3.18. The van der Waals surface area contributed by atoms with Crippen LogP contribution in [0.5, 0.6) is 0 Å². The van der Waals surface area contributed by atoms with E-state index in [1.54, 1.807) is 62.8 Å². The minimum absolute atomic E-state index is 0.0428. The van der Waals surface area contributed by atoms with Gasteiger partial charge in [0.15, 0.2) is 0 Å². The topological polar surface area (TPSA) is 128 Å². The highest BCUT2D eigenvalue weighted by atomic mass is 32.2. The number of aromatic nitrogens is 5. The highest BCUT2D eigenvalue weighted by Gasteiger charge is 2.25. The van der Waals surface area contributed by atoms with E-state index in [0.717, 1.165) is 5.56 Å². The molecule has 0 fully saturated rings. The Balaban J connectivity index is 1.62. The molecule has 0 spiro atoms. The van der Waals surface area contributed by atoms with Gasteiger partial charge < -0.3 is 4.74 Å². The van der Waals surface area contributed by atoms with Crippen molar-refractivity contribution in [2.45, 2.75) is 25.6 Å². The van der Waals surface area contributed by atoms with Gasteiger partial charge in [-0.25, -0.2) is 14.3 Å². The maximum atomic E-state index is 12.9. The molecule has 3 aromatic heterocycles. The monoisotopic (exact) mass is 438 g/mol. The summed E-state index contributed by atoms with van der Waals surface area (Å²) in [5.41, 5.74) is 2.07. The van der Waals surface area contributed by atoms with Gasteiger partial charge in [-0.05, 0) is 43.2 Å². The Hall–Kier alpha value is -3.86. The average molecular weight is 438 g/mol. The van der Waals surface area contributed by atoms with Crippen molar-refractivity contribution in [1.29, 1.82) is 0 Å². The number of carbonyl (C=O) groups excluding carboxylic acids is 1. The zero-order chi connectivity index (χ0) is 22.0. The van der Waals surface area contributed by atoms with Gasteiger partial charge >= 0.3 is 5.97 Å². The molecule has 1 N–H and O–H groups in total. The lowest BCUT2D eigenvalue weighted by atomic mass is 10.1. The molecule has 10 nitrogen and oxygen atoms in total. The van der Waals surface area contributed by atoms with E-state index >= 15 is 0 Å². The largest absolute Gasteiger partial charge is 0.456 e. The third-order valence-corrected chi connectivity index (χ3v) is 5.48. The number of anilines is 1. The number of pyridine rings is 1. The number of carbonyl (C=O) groups is 1. The van der Waals surface area contributed by atoms with Crippen LogP contribution in [0.4, 0.5) is 5.69 Å². The number of hydrogen-bond donors (Lipinski definition) is 1. The van der Waals surface area contributed by atoms with E-state index in [1.807, 2.05) is 0 Å². The summed E-state index contributed by atoms with van der Waals surface area (Å²) >= 11 is 0. The van der Waals surface area contributed by atoms with Crippen molar-refractivity contribution in [3.63, 3.8) is 0 Å². The van der Waals surface area contributed by atoms with Crippen molar-refractivity contribution in [2.75, 3.05) is 4.72 Å². The van der Waals surface area contributed by atoms with Crippen LogP contribution in [0.1, 0.15) is 27.2 Å². The summed E-state index contributed by atoms with van der Waals surface area (Å²) in [6, 6.07) is 10.0. The molecule has 0 saturated carbocycles. The zero-order valence-electron chi connectivity index (χ0n) is 16.7. The van der Waals surface area contributed by atoms with E-state index in [-0.39, 0.29) is 23.6 Å². The van der Waals surface area contributed by atoms with Gasteiger partial charge in [0, 0.05) is 18.6 Å². The minimum atomic E-state index is -4.19. The lowest BCUT2D eigenvalue weighted by Gasteiger charge is -2.13. The molecule has 0 aliphatic rings. The van der Waals surface area contributed by atoms with Gasteiger partial charge in [-0.15, -0.1) is 5.10 Å². The molecular weight excluding hydrogens is 420 g/mol. The van der Waals surface area contributed by atoms with E-state index < -0.39 is 21.1 Å². The van der Waals surface area contributed by atoms with Crippen LogP contribution < -0.4 is 4.72 Å². The molecule has 11 heteroatoms. The maximum Gasteiger partial charge on any atom is 0.340 e. The second-order valence-corrected chi connectivity index (χ2v) is 8.35. The Kier molecular flexibility index (Phi) is 5.34. The number of aryl methyl sites for hydroxylation is 2. The Labute approximate surface area is 178 Å². The van der Waals surface area contributed by atoms with Crippen LogP contribution >= 0.6 is 0 Å². The lowest BCUT2D eigenvalue weighted by molar-refractivity contribution is 0.0469. The van der Waals surface area contributed by atoms with Gasteiger partial charge in [-0.1, -0.05) is 18.2 Å². The number of fused-ring (bicyclic) bond motifs is 1. The summed E-state index contributed by atoms with van der Waals surface area (Å²) in [5.74, 6) is -0.543. The van der Waals surface area contributed by atoms with Gasteiger partial charge in [0.25, 0.3) is 21.0 Å². The molecule has 0 aliphatic carbocycles. The van der Waals surface area contributed by atoms with Crippen molar-refractivity contribution >= 4 is 27.5 Å². The number of nitrogens with one attached hydrogen (secondary N) is 1. The van der Waals surface area contributed by atoms with Crippen molar-refractivity contribution in [2.24, 2.45) is 0 Å². The second-order valence-electron chi connectivity index (χ2n) is 6.77. The summed E-state index contributed by atoms with van der Waals surface area (Å²) in [6.45, 7) is 3.44. The summed E-state index contributed by atoms with van der Waals surface area (Å²) in [5, 5.41) is 3.53. The number of para-hydroxylation sites is 1. The van der Waals surface area contributed by atoms with Crippen LogP contribution in [-0.2, 0) is 21.4 Å². The van der Waals surface area contributed by atoms with Crippen LogP contribution in [0.15, 0.2) is 60.1 Å². The van der Waals surface area contributed by atoms with E-state index in [2.05, 4.69) is 24.8 Å². The summed E-state index contributed by atoms with van der Waals surface area (Å²) in [4.78, 5) is 24.8. The number of sulfonamides is 1. The molecule has 3 heterocycles. The van der Waals surface area contributed by atoms with E-state index in [0.29, 0.717) is 11.3 Å². The molecule has 0 saturated heterocycles.